The molecule has 1 amide bonds. The lowest BCUT2D eigenvalue weighted by molar-refractivity contribution is -0.137. The van der Waals surface area contributed by atoms with Gasteiger partial charge in [-0.1, -0.05) is 30.3 Å². The van der Waals surface area contributed by atoms with Crippen molar-refractivity contribution in [2.24, 2.45) is 0 Å². The van der Waals surface area contributed by atoms with Gasteiger partial charge in [-0.2, -0.15) is 13.2 Å². The Hall–Kier alpha value is -2.50. The second-order valence-corrected chi connectivity index (χ2v) is 5.31. The van der Waals surface area contributed by atoms with Gasteiger partial charge in [0.1, 0.15) is 0 Å². The molecule has 1 N–H and O–H groups in total. The van der Waals surface area contributed by atoms with Crippen LogP contribution in [0.25, 0.3) is 0 Å². The summed E-state index contributed by atoms with van der Waals surface area (Å²) in [5, 5.41) is 2.78. The molecule has 24 heavy (non-hydrogen) atoms. The number of alkyl halides is 3. The lowest BCUT2D eigenvalue weighted by Gasteiger charge is -2.23. The van der Waals surface area contributed by atoms with Gasteiger partial charge in [-0.3, -0.25) is 4.79 Å². The summed E-state index contributed by atoms with van der Waals surface area (Å²) in [7, 11) is 1.58. The Labute approximate surface area is 139 Å². The van der Waals surface area contributed by atoms with Crippen molar-refractivity contribution in [3.05, 3.63) is 65.2 Å². The third-order valence-corrected chi connectivity index (χ3v) is 3.73. The SMILES string of the molecule is CCN(Cc1ccccc1)C(=O)c1cc(C(F)(F)F)ccc1NC. The van der Waals surface area contributed by atoms with E-state index in [0.29, 0.717) is 18.8 Å². The lowest BCUT2D eigenvalue weighted by Crippen LogP contribution is -2.31. The largest absolute Gasteiger partial charge is 0.416 e. The van der Waals surface area contributed by atoms with E-state index >= 15 is 0 Å². The highest BCUT2D eigenvalue weighted by molar-refractivity contribution is 5.99. The fraction of sp³-hybridized carbons (Fsp3) is 0.278. The van der Waals surface area contributed by atoms with Gasteiger partial charge in [-0.05, 0) is 30.7 Å². The van der Waals surface area contributed by atoms with E-state index in [1.54, 1.807) is 14.0 Å². The number of anilines is 1. The Morgan fingerprint density at radius 3 is 2.33 bits per heavy atom. The van der Waals surface area contributed by atoms with E-state index in [9.17, 15) is 18.0 Å². The van der Waals surface area contributed by atoms with Crippen molar-refractivity contribution in [3.8, 4) is 0 Å². The van der Waals surface area contributed by atoms with Crippen LogP contribution in [0.2, 0.25) is 0 Å². The van der Waals surface area contributed by atoms with Gasteiger partial charge in [0.05, 0.1) is 11.1 Å². The molecule has 0 saturated heterocycles. The van der Waals surface area contributed by atoms with Crippen LogP contribution >= 0.6 is 0 Å². The minimum absolute atomic E-state index is 0.0186. The van der Waals surface area contributed by atoms with Gasteiger partial charge in [0.15, 0.2) is 0 Å². The first-order valence-corrected chi connectivity index (χ1v) is 7.59. The first-order chi connectivity index (χ1) is 11.4. The van der Waals surface area contributed by atoms with E-state index in [1.165, 1.54) is 11.0 Å². The Morgan fingerprint density at radius 1 is 1.12 bits per heavy atom. The summed E-state index contributed by atoms with van der Waals surface area (Å²) in [5.74, 6) is -0.434. The number of nitrogens with one attached hydrogen (secondary N) is 1. The summed E-state index contributed by atoms with van der Waals surface area (Å²) in [6.07, 6.45) is -4.49. The van der Waals surface area contributed by atoms with Crippen molar-refractivity contribution >= 4 is 11.6 Å². The topological polar surface area (TPSA) is 32.3 Å². The zero-order valence-electron chi connectivity index (χ0n) is 13.5. The van der Waals surface area contributed by atoms with Crippen LogP contribution in [0, 0.1) is 0 Å². The monoisotopic (exact) mass is 336 g/mol. The second kappa shape index (κ2) is 7.38. The fourth-order valence-electron chi connectivity index (χ4n) is 2.42. The van der Waals surface area contributed by atoms with Crippen molar-refractivity contribution in [1.82, 2.24) is 4.90 Å². The van der Waals surface area contributed by atoms with Gasteiger partial charge in [0.2, 0.25) is 0 Å². The summed E-state index contributed by atoms with van der Waals surface area (Å²) >= 11 is 0. The number of benzene rings is 2. The van der Waals surface area contributed by atoms with E-state index in [2.05, 4.69) is 5.32 Å². The average molecular weight is 336 g/mol. The van der Waals surface area contributed by atoms with Crippen molar-refractivity contribution in [1.29, 1.82) is 0 Å². The molecule has 3 nitrogen and oxygen atoms in total. The quantitative estimate of drug-likeness (QED) is 0.877. The number of carbonyl (C=O) groups is 1. The van der Waals surface area contributed by atoms with Crippen molar-refractivity contribution < 1.29 is 18.0 Å². The van der Waals surface area contributed by atoms with Crippen LogP contribution in [0.15, 0.2) is 48.5 Å². The molecule has 0 radical (unpaired) electrons. The molecule has 2 aromatic carbocycles. The summed E-state index contributed by atoms with van der Waals surface area (Å²) in [4.78, 5) is 14.3. The van der Waals surface area contributed by atoms with Gasteiger partial charge in [0.25, 0.3) is 5.91 Å². The molecule has 128 valence electrons. The lowest BCUT2D eigenvalue weighted by atomic mass is 10.1. The van der Waals surface area contributed by atoms with Crippen molar-refractivity contribution in [2.75, 3.05) is 18.9 Å². The Bertz CT molecular complexity index is 699. The first kappa shape index (κ1) is 17.8. The minimum Gasteiger partial charge on any atom is -0.387 e. The summed E-state index contributed by atoms with van der Waals surface area (Å²) in [6.45, 7) is 2.54. The van der Waals surface area contributed by atoms with E-state index in [1.807, 2.05) is 30.3 Å². The minimum atomic E-state index is -4.49. The molecule has 0 spiro atoms. The maximum absolute atomic E-state index is 13.0. The van der Waals surface area contributed by atoms with E-state index < -0.39 is 17.6 Å². The first-order valence-electron chi connectivity index (χ1n) is 7.59. The second-order valence-electron chi connectivity index (χ2n) is 5.31. The van der Waals surface area contributed by atoms with Gasteiger partial charge >= 0.3 is 6.18 Å². The molecule has 0 unspecified atom stereocenters. The van der Waals surface area contributed by atoms with Crippen LogP contribution in [-0.4, -0.2) is 24.4 Å². The van der Waals surface area contributed by atoms with Crippen LogP contribution in [-0.2, 0) is 12.7 Å². The highest BCUT2D eigenvalue weighted by Gasteiger charge is 2.32. The highest BCUT2D eigenvalue weighted by Crippen LogP contribution is 2.32. The molecule has 0 fully saturated rings. The van der Waals surface area contributed by atoms with Crippen LogP contribution in [0.4, 0.5) is 18.9 Å². The number of nitrogens with zero attached hydrogens (tertiary/aromatic N) is 1. The van der Waals surface area contributed by atoms with E-state index in [-0.39, 0.29) is 5.56 Å². The molecule has 0 aliphatic carbocycles. The van der Waals surface area contributed by atoms with Gasteiger partial charge in [-0.15, -0.1) is 0 Å². The maximum Gasteiger partial charge on any atom is 0.416 e. The van der Waals surface area contributed by atoms with Crippen LogP contribution in [0.3, 0.4) is 0 Å². The van der Waals surface area contributed by atoms with Crippen molar-refractivity contribution in [3.63, 3.8) is 0 Å². The third-order valence-electron chi connectivity index (χ3n) is 3.73. The van der Waals surface area contributed by atoms with Crippen molar-refractivity contribution in [2.45, 2.75) is 19.6 Å². The Balaban J connectivity index is 2.35. The molecule has 0 aliphatic heterocycles. The number of halogens is 3. The van der Waals surface area contributed by atoms with Gasteiger partial charge in [-0.25, -0.2) is 0 Å². The number of rotatable bonds is 5. The van der Waals surface area contributed by atoms with Gasteiger partial charge < -0.3 is 10.2 Å². The van der Waals surface area contributed by atoms with Crippen LogP contribution in [0.1, 0.15) is 28.4 Å². The van der Waals surface area contributed by atoms with Crippen LogP contribution < -0.4 is 5.32 Å². The van der Waals surface area contributed by atoms with Gasteiger partial charge in [0, 0.05) is 25.8 Å². The Morgan fingerprint density at radius 2 is 1.79 bits per heavy atom. The number of amides is 1. The zero-order chi connectivity index (χ0) is 17.7. The summed E-state index contributed by atoms with van der Waals surface area (Å²) in [5.41, 5.74) is 0.482. The molecule has 0 aromatic heterocycles. The molecule has 0 bridgehead atoms. The molecule has 2 rings (SSSR count). The molecule has 6 heteroatoms. The third kappa shape index (κ3) is 4.07. The molecule has 0 heterocycles. The predicted octanol–water partition coefficient (Wildman–Crippen LogP) is 4.41. The highest BCUT2D eigenvalue weighted by atomic mass is 19.4. The normalized spacial score (nSPS) is 11.2. The van der Waals surface area contributed by atoms with E-state index in [4.69, 9.17) is 0 Å². The number of hydrogen-bond acceptors (Lipinski definition) is 2. The standard InChI is InChI=1S/C18H19F3N2O/c1-3-23(12-13-7-5-4-6-8-13)17(24)15-11-14(18(19,20)21)9-10-16(15)22-2/h4-11,22H,3,12H2,1-2H3. The molecule has 0 atom stereocenters. The van der Waals surface area contributed by atoms with Crippen LogP contribution in [0.5, 0.6) is 0 Å². The number of hydrogen-bond donors (Lipinski definition) is 1. The average Bonchev–Trinajstić information content (AvgIpc) is 2.58. The fourth-order valence-corrected chi connectivity index (χ4v) is 2.42. The van der Waals surface area contributed by atoms with E-state index in [0.717, 1.165) is 17.7 Å². The molecule has 2 aromatic rings. The molecule has 0 aliphatic rings. The molecular weight excluding hydrogens is 317 g/mol. The Kier molecular flexibility index (Phi) is 5.49. The predicted molar refractivity (Wildman–Crippen MR) is 87.8 cm³/mol. The number of carbonyl (C=O) groups excluding carboxylic acids is 1. The summed E-state index contributed by atoms with van der Waals surface area (Å²) in [6, 6.07) is 12.5. The summed E-state index contributed by atoms with van der Waals surface area (Å²) < 4.78 is 38.9. The maximum atomic E-state index is 13.0. The molecular formula is C18H19F3N2O. The zero-order valence-corrected chi connectivity index (χ0v) is 13.5. The molecule has 0 saturated carbocycles. The smallest absolute Gasteiger partial charge is 0.387 e.